The Kier molecular flexibility index (Phi) is 4.71. The highest BCUT2D eigenvalue weighted by Crippen LogP contribution is 2.38. The predicted molar refractivity (Wildman–Crippen MR) is 86.7 cm³/mol. The van der Waals surface area contributed by atoms with Crippen LogP contribution in [-0.4, -0.2) is 18.6 Å². The first-order valence-corrected chi connectivity index (χ1v) is 7.78. The van der Waals surface area contributed by atoms with Gasteiger partial charge < -0.3 is 16.4 Å². The SMILES string of the molecule is CC1(C)CCCCN1c1ccccc1C1CCCN1.N. The topological polar surface area (TPSA) is 50.3 Å². The normalized spacial score (nSPS) is 25.3. The molecule has 2 heterocycles. The summed E-state index contributed by atoms with van der Waals surface area (Å²) >= 11 is 0. The van der Waals surface area contributed by atoms with Gasteiger partial charge in [0, 0.05) is 23.8 Å². The van der Waals surface area contributed by atoms with Gasteiger partial charge in [0.2, 0.25) is 0 Å². The fourth-order valence-corrected chi connectivity index (χ4v) is 3.69. The lowest BCUT2D eigenvalue weighted by Gasteiger charge is -2.45. The minimum absolute atomic E-state index is 0. The number of para-hydroxylation sites is 1. The zero-order valence-corrected chi connectivity index (χ0v) is 13.0. The molecule has 1 unspecified atom stereocenters. The first kappa shape index (κ1) is 15.3. The van der Waals surface area contributed by atoms with Gasteiger partial charge in [0.15, 0.2) is 0 Å². The minimum Gasteiger partial charge on any atom is -0.366 e. The van der Waals surface area contributed by atoms with Gasteiger partial charge >= 0.3 is 0 Å². The maximum Gasteiger partial charge on any atom is 0.0419 e. The highest BCUT2D eigenvalue weighted by atomic mass is 15.2. The fraction of sp³-hybridized carbons (Fsp3) is 0.647. The molecule has 2 fully saturated rings. The summed E-state index contributed by atoms with van der Waals surface area (Å²) in [7, 11) is 0. The standard InChI is InChI=1S/C17H26N2.H3N/c1-17(2)11-5-6-13-19(17)16-10-4-3-8-14(16)15-9-7-12-18-15;/h3-4,8,10,15,18H,5-7,9,11-13H2,1-2H3;1H3. The highest BCUT2D eigenvalue weighted by Gasteiger charge is 2.32. The summed E-state index contributed by atoms with van der Waals surface area (Å²) < 4.78 is 0. The van der Waals surface area contributed by atoms with Crippen LogP contribution in [0.4, 0.5) is 5.69 Å². The number of rotatable bonds is 2. The lowest BCUT2D eigenvalue weighted by Crippen LogP contribution is -2.48. The molecule has 2 aliphatic heterocycles. The summed E-state index contributed by atoms with van der Waals surface area (Å²) in [5.74, 6) is 0. The van der Waals surface area contributed by atoms with Gasteiger partial charge in [0.25, 0.3) is 0 Å². The van der Waals surface area contributed by atoms with Crippen molar-refractivity contribution < 1.29 is 0 Å². The van der Waals surface area contributed by atoms with Gasteiger partial charge in [-0.15, -0.1) is 0 Å². The zero-order chi connectivity index (χ0) is 13.3. The number of nitrogens with one attached hydrogen (secondary N) is 1. The Bertz CT molecular complexity index is 436. The molecule has 0 spiro atoms. The van der Waals surface area contributed by atoms with Crippen molar-refractivity contribution in [3.63, 3.8) is 0 Å². The van der Waals surface area contributed by atoms with Gasteiger partial charge in [-0.1, -0.05) is 18.2 Å². The number of piperidine rings is 1. The summed E-state index contributed by atoms with van der Waals surface area (Å²) in [5.41, 5.74) is 3.27. The van der Waals surface area contributed by atoms with Crippen LogP contribution in [0.25, 0.3) is 0 Å². The van der Waals surface area contributed by atoms with Gasteiger partial charge in [0.1, 0.15) is 0 Å². The van der Waals surface area contributed by atoms with E-state index in [0.29, 0.717) is 11.6 Å². The van der Waals surface area contributed by atoms with E-state index in [1.807, 2.05) is 0 Å². The summed E-state index contributed by atoms with van der Waals surface area (Å²) in [4.78, 5) is 2.64. The Hall–Kier alpha value is -1.06. The Morgan fingerprint density at radius 1 is 1.15 bits per heavy atom. The van der Waals surface area contributed by atoms with Crippen molar-refractivity contribution in [3.05, 3.63) is 29.8 Å². The molecular formula is C17H29N3. The maximum absolute atomic E-state index is 3.65. The number of benzene rings is 1. The quantitative estimate of drug-likeness (QED) is 0.856. The fourth-order valence-electron chi connectivity index (χ4n) is 3.69. The van der Waals surface area contributed by atoms with Crippen LogP contribution in [-0.2, 0) is 0 Å². The molecule has 3 nitrogen and oxygen atoms in total. The van der Waals surface area contributed by atoms with Crippen molar-refractivity contribution >= 4 is 5.69 Å². The van der Waals surface area contributed by atoms with E-state index in [-0.39, 0.29) is 6.15 Å². The predicted octanol–water partition coefficient (Wildman–Crippen LogP) is 4.04. The molecule has 1 aromatic carbocycles. The average Bonchev–Trinajstić information content (AvgIpc) is 2.92. The van der Waals surface area contributed by atoms with Crippen molar-refractivity contribution in [3.8, 4) is 0 Å². The van der Waals surface area contributed by atoms with E-state index in [2.05, 4.69) is 48.3 Å². The molecule has 3 rings (SSSR count). The lowest BCUT2D eigenvalue weighted by atomic mass is 9.88. The molecule has 2 saturated heterocycles. The Morgan fingerprint density at radius 3 is 2.65 bits per heavy atom. The van der Waals surface area contributed by atoms with Gasteiger partial charge in [-0.3, -0.25) is 0 Å². The lowest BCUT2D eigenvalue weighted by molar-refractivity contribution is 0.360. The Balaban J connectivity index is 0.00000147. The van der Waals surface area contributed by atoms with Gasteiger partial charge in [-0.05, 0) is 64.1 Å². The van der Waals surface area contributed by atoms with E-state index in [1.165, 1.54) is 56.4 Å². The summed E-state index contributed by atoms with van der Waals surface area (Å²) in [5, 5.41) is 3.65. The third-order valence-corrected chi connectivity index (χ3v) is 4.81. The summed E-state index contributed by atoms with van der Waals surface area (Å²) in [6, 6.07) is 9.59. The van der Waals surface area contributed by atoms with Crippen molar-refractivity contribution in [2.45, 2.75) is 57.5 Å². The minimum atomic E-state index is 0. The monoisotopic (exact) mass is 275 g/mol. The molecule has 0 aliphatic carbocycles. The second-order valence-electron chi connectivity index (χ2n) is 6.63. The maximum atomic E-state index is 3.65. The number of hydrogen-bond acceptors (Lipinski definition) is 3. The van der Waals surface area contributed by atoms with Crippen LogP contribution in [0.15, 0.2) is 24.3 Å². The van der Waals surface area contributed by atoms with Gasteiger partial charge in [0.05, 0.1) is 0 Å². The van der Waals surface area contributed by atoms with E-state index >= 15 is 0 Å². The number of nitrogens with zero attached hydrogens (tertiary/aromatic N) is 1. The first-order chi connectivity index (χ1) is 9.18. The van der Waals surface area contributed by atoms with Gasteiger partial charge in [-0.2, -0.15) is 0 Å². The molecule has 2 aliphatic rings. The molecule has 3 heteroatoms. The van der Waals surface area contributed by atoms with E-state index in [1.54, 1.807) is 0 Å². The Morgan fingerprint density at radius 2 is 1.95 bits per heavy atom. The molecule has 4 N–H and O–H groups in total. The number of anilines is 1. The molecular weight excluding hydrogens is 246 g/mol. The molecule has 0 radical (unpaired) electrons. The van der Waals surface area contributed by atoms with Crippen LogP contribution in [0.2, 0.25) is 0 Å². The van der Waals surface area contributed by atoms with Crippen molar-refractivity contribution in [1.82, 2.24) is 11.5 Å². The third-order valence-electron chi connectivity index (χ3n) is 4.81. The molecule has 0 aromatic heterocycles. The summed E-state index contributed by atoms with van der Waals surface area (Å²) in [6.07, 6.45) is 6.59. The molecule has 1 aromatic rings. The molecule has 20 heavy (non-hydrogen) atoms. The zero-order valence-electron chi connectivity index (χ0n) is 13.0. The molecule has 0 saturated carbocycles. The van der Waals surface area contributed by atoms with Crippen LogP contribution in [0.3, 0.4) is 0 Å². The highest BCUT2D eigenvalue weighted by molar-refractivity contribution is 5.57. The van der Waals surface area contributed by atoms with Crippen LogP contribution in [0, 0.1) is 0 Å². The second-order valence-corrected chi connectivity index (χ2v) is 6.63. The second kappa shape index (κ2) is 6.15. The van der Waals surface area contributed by atoms with E-state index in [9.17, 15) is 0 Å². The van der Waals surface area contributed by atoms with Gasteiger partial charge in [-0.25, -0.2) is 0 Å². The van der Waals surface area contributed by atoms with E-state index in [4.69, 9.17) is 0 Å². The van der Waals surface area contributed by atoms with Crippen LogP contribution < -0.4 is 16.4 Å². The first-order valence-electron chi connectivity index (χ1n) is 7.78. The molecule has 1 atom stereocenters. The number of hydrogen-bond donors (Lipinski definition) is 2. The molecule has 0 bridgehead atoms. The van der Waals surface area contributed by atoms with Crippen LogP contribution >= 0.6 is 0 Å². The smallest absolute Gasteiger partial charge is 0.0419 e. The average molecular weight is 275 g/mol. The largest absolute Gasteiger partial charge is 0.366 e. The Labute approximate surface area is 123 Å². The van der Waals surface area contributed by atoms with E-state index in [0.717, 1.165) is 0 Å². The summed E-state index contributed by atoms with van der Waals surface area (Å²) in [6.45, 7) is 7.16. The van der Waals surface area contributed by atoms with Crippen molar-refractivity contribution in [1.29, 1.82) is 0 Å². The molecule has 0 amide bonds. The van der Waals surface area contributed by atoms with Crippen molar-refractivity contribution in [2.75, 3.05) is 18.0 Å². The van der Waals surface area contributed by atoms with Crippen LogP contribution in [0.1, 0.15) is 57.6 Å². The third kappa shape index (κ3) is 2.84. The molecule has 112 valence electrons. The van der Waals surface area contributed by atoms with Crippen molar-refractivity contribution in [2.24, 2.45) is 0 Å². The van der Waals surface area contributed by atoms with Crippen LogP contribution in [0.5, 0.6) is 0 Å². The van der Waals surface area contributed by atoms with E-state index < -0.39 is 0 Å².